The van der Waals surface area contributed by atoms with Crippen LogP contribution in [-0.4, -0.2) is 55.9 Å². The number of nitrogens with two attached hydrogens (primary N) is 1. The zero-order valence-electron chi connectivity index (χ0n) is 24.3. The van der Waals surface area contributed by atoms with E-state index in [0.29, 0.717) is 55.6 Å². The predicted molar refractivity (Wildman–Crippen MR) is 166 cm³/mol. The van der Waals surface area contributed by atoms with Gasteiger partial charge < -0.3 is 25.2 Å². The predicted octanol–water partition coefficient (Wildman–Crippen LogP) is 6.46. The third kappa shape index (κ3) is 7.49. The lowest BCUT2D eigenvalue weighted by atomic mass is 9.72. The van der Waals surface area contributed by atoms with Crippen LogP contribution in [0.2, 0.25) is 5.02 Å². The zero-order chi connectivity index (χ0) is 29.2. The number of rotatable bonds is 13. The number of nitrogens with zero attached hydrogens (tertiary/aromatic N) is 1. The maximum Gasteiger partial charge on any atom is 0.253 e. The van der Waals surface area contributed by atoms with E-state index in [-0.39, 0.29) is 11.8 Å². The van der Waals surface area contributed by atoms with E-state index in [0.717, 1.165) is 48.8 Å². The minimum atomic E-state index is -1.17. The van der Waals surface area contributed by atoms with Crippen molar-refractivity contribution in [2.45, 2.75) is 51.0 Å². The number of aryl methyl sites for hydroxylation is 1. The van der Waals surface area contributed by atoms with Crippen LogP contribution >= 0.6 is 11.6 Å². The number of benzene rings is 3. The standard InChI is InChI=1S/C34H43ClN2O4/c1-3-25-9-6-10-27(23-25)32-30(12-7-13-31(32)35)34(39,18-4-5-21-40-2)28-11-8-20-37(24-28)33(38)26-14-16-29(17-15-26)41-22-19-36/h6-7,9-10,12-17,23,28,39H,3-5,8,11,18-22,24,36H2,1-2H3. The van der Waals surface area contributed by atoms with Gasteiger partial charge in [-0.25, -0.2) is 0 Å². The van der Waals surface area contributed by atoms with Gasteiger partial charge >= 0.3 is 0 Å². The number of halogens is 1. The fraction of sp³-hybridized carbons (Fsp3) is 0.441. The zero-order valence-corrected chi connectivity index (χ0v) is 25.0. The SMILES string of the molecule is CCc1cccc(-c2c(Cl)cccc2C(O)(CCCCOC)C2CCCN(C(=O)c3ccc(OCCN)cc3)C2)c1. The molecular weight excluding hydrogens is 536 g/mol. The number of unbranched alkanes of at least 4 members (excludes halogenated alkanes) is 1. The number of methoxy groups -OCH3 is 1. The van der Waals surface area contributed by atoms with E-state index in [9.17, 15) is 9.90 Å². The lowest BCUT2D eigenvalue weighted by Gasteiger charge is -2.44. The molecule has 0 radical (unpaired) electrons. The van der Waals surface area contributed by atoms with Crippen molar-refractivity contribution < 1.29 is 19.4 Å². The number of ether oxygens (including phenoxy) is 2. The molecule has 1 aliphatic rings. The lowest BCUT2D eigenvalue weighted by Crippen LogP contribution is -2.48. The molecule has 4 rings (SSSR count). The third-order valence-electron chi connectivity index (χ3n) is 8.13. The molecule has 3 aromatic rings. The highest BCUT2D eigenvalue weighted by molar-refractivity contribution is 6.33. The smallest absolute Gasteiger partial charge is 0.253 e. The fourth-order valence-corrected chi connectivity index (χ4v) is 6.21. The van der Waals surface area contributed by atoms with Gasteiger partial charge in [0.05, 0.1) is 5.60 Å². The van der Waals surface area contributed by atoms with E-state index >= 15 is 0 Å². The first-order chi connectivity index (χ1) is 19.9. The molecule has 1 fully saturated rings. The monoisotopic (exact) mass is 578 g/mol. The van der Waals surface area contributed by atoms with Crippen LogP contribution in [0.25, 0.3) is 11.1 Å². The lowest BCUT2D eigenvalue weighted by molar-refractivity contribution is -0.0574. The van der Waals surface area contributed by atoms with Crippen molar-refractivity contribution in [2.24, 2.45) is 11.7 Å². The molecule has 220 valence electrons. The molecule has 0 bridgehead atoms. The van der Waals surface area contributed by atoms with Gasteiger partial charge in [-0.2, -0.15) is 0 Å². The van der Waals surface area contributed by atoms with Gasteiger partial charge in [0.25, 0.3) is 5.91 Å². The molecule has 7 heteroatoms. The Hall–Kier alpha value is -2.90. The fourth-order valence-electron chi connectivity index (χ4n) is 5.93. The molecule has 3 aromatic carbocycles. The number of aliphatic hydroxyl groups is 1. The second kappa shape index (κ2) is 14.8. The Bertz CT molecular complexity index is 1280. The van der Waals surface area contributed by atoms with E-state index in [4.69, 9.17) is 26.8 Å². The molecule has 2 unspecified atom stereocenters. The number of carbonyl (C=O) groups is 1. The summed E-state index contributed by atoms with van der Waals surface area (Å²) in [5, 5.41) is 13.3. The Labute approximate surface area is 249 Å². The highest BCUT2D eigenvalue weighted by atomic mass is 35.5. The van der Waals surface area contributed by atoms with Crippen LogP contribution in [-0.2, 0) is 16.8 Å². The quantitative estimate of drug-likeness (QED) is 0.227. The second-order valence-corrected chi connectivity index (χ2v) is 11.2. The van der Waals surface area contributed by atoms with Crippen molar-refractivity contribution >= 4 is 17.5 Å². The van der Waals surface area contributed by atoms with E-state index < -0.39 is 5.60 Å². The van der Waals surface area contributed by atoms with Crippen molar-refractivity contribution in [2.75, 3.05) is 40.0 Å². The van der Waals surface area contributed by atoms with Crippen LogP contribution in [0.1, 0.15) is 60.5 Å². The summed E-state index contributed by atoms with van der Waals surface area (Å²) in [5.41, 5.74) is 8.88. The van der Waals surface area contributed by atoms with Gasteiger partial charge in [-0.15, -0.1) is 0 Å². The van der Waals surface area contributed by atoms with E-state index in [1.54, 1.807) is 31.4 Å². The van der Waals surface area contributed by atoms with E-state index in [2.05, 4.69) is 25.1 Å². The van der Waals surface area contributed by atoms with E-state index in [1.165, 1.54) is 5.56 Å². The minimum Gasteiger partial charge on any atom is -0.492 e. The molecule has 1 amide bonds. The third-order valence-corrected chi connectivity index (χ3v) is 8.45. The van der Waals surface area contributed by atoms with Gasteiger partial charge in [0, 0.05) is 55.4 Å². The molecule has 0 aromatic heterocycles. The van der Waals surface area contributed by atoms with Crippen LogP contribution in [0.5, 0.6) is 5.75 Å². The highest BCUT2D eigenvalue weighted by Crippen LogP contribution is 2.46. The van der Waals surface area contributed by atoms with Crippen LogP contribution in [0.4, 0.5) is 0 Å². The Kier molecular flexibility index (Phi) is 11.2. The van der Waals surface area contributed by atoms with E-state index in [1.807, 2.05) is 29.2 Å². The van der Waals surface area contributed by atoms with Crippen molar-refractivity contribution in [1.82, 2.24) is 4.90 Å². The van der Waals surface area contributed by atoms with Gasteiger partial charge in [0.2, 0.25) is 0 Å². The van der Waals surface area contributed by atoms with Crippen molar-refractivity contribution in [3.05, 3.63) is 88.4 Å². The van der Waals surface area contributed by atoms with Crippen LogP contribution in [0.15, 0.2) is 66.7 Å². The maximum atomic E-state index is 13.6. The first-order valence-corrected chi connectivity index (χ1v) is 15.1. The van der Waals surface area contributed by atoms with Crippen molar-refractivity contribution in [3.8, 4) is 16.9 Å². The summed E-state index contributed by atoms with van der Waals surface area (Å²) in [4.78, 5) is 15.5. The number of amides is 1. The molecule has 0 aliphatic carbocycles. The average molecular weight is 579 g/mol. The Morgan fingerprint density at radius 1 is 1.10 bits per heavy atom. The molecular formula is C34H43ClN2O4. The van der Waals surface area contributed by atoms with Crippen LogP contribution in [0.3, 0.4) is 0 Å². The molecule has 41 heavy (non-hydrogen) atoms. The summed E-state index contributed by atoms with van der Waals surface area (Å²) in [6.07, 6.45) is 4.73. The summed E-state index contributed by atoms with van der Waals surface area (Å²) < 4.78 is 10.9. The second-order valence-electron chi connectivity index (χ2n) is 10.8. The van der Waals surface area contributed by atoms with Gasteiger partial charge in [0.1, 0.15) is 12.4 Å². The van der Waals surface area contributed by atoms with Gasteiger partial charge in [0.15, 0.2) is 0 Å². The Morgan fingerprint density at radius 2 is 1.88 bits per heavy atom. The van der Waals surface area contributed by atoms with Crippen molar-refractivity contribution in [1.29, 1.82) is 0 Å². The van der Waals surface area contributed by atoms with Gasteiger partial charge in [-0.1, -0.05) is 54.9 Å². The number of carbonyl (C=O) groups excluding carboxylic acids is 1. The molecule has 0 spiro atoms. The van der Waals surface area contributed by atoms with Crippen LogP contribution < -0.4 is 10.5 Å². The highest BCUT2D eigenvalue weighted by Gasteiger charge is 2.43. The summed E-state index contributed by atoms with van der Waals surface area (Å²) >= 11 is 6.88. The van der Waals surface area contributed by atoms with Gasteiger partial charge in [-0.3, -0.25) is 4.79 Å². The Balaban J connectivity index is 1.67. The molecule has 3 N–H and O–H groups in total. The molecule has 6 nitrogen and oxygen atoms in total. The summed E-state index contributed by atoms with van der Waals surface area (Å²) in [6, 6.07) is 21.4. The number of likely N-dealkylation sites (tertiary alicyclic amines) is 1. The largest absolute Gasteiger partial charge is 0.492 e. The summed E-state index contributed by atoms with van der Waals surface area (Å²) in [7, 11) is 1.70. The van der Waals surface area contributed by atoms with Crippen LogP contribution in [0, 0.1) is 5.92 Å². The summed E-state index contributed by atoms with van der Waals surface area (Å²) in [5.74, 6) is 0.500. The topological polar surface area (TPSA) is 85.0 Å². The molecule has 1 aliphatic heterocycles. The molecule has 2 atom stereocenters. The maximum absolute atomic E-state index is 13.6. The minimum absolute atomic E-state index is 0.0382. The van der Waals surface area contributed by atoms with Gasteiger partial charge in [-0.05, 0) is 85.5 Å². The number of hydrogen-bond acceptors (Lipinski definition) is 5. The first kappa shape index (κ1) is 31.0. The first-order valence-electron chi connectivity index (χ1n) is 14.7. The number of piperidine rings is 1. The normalized spacial score (nSPS) is 16.8. The van der Waals surface area contributed by atoms with Crippen molar-refractivity contribution in [3.63, 3.8) is 0 Å². The molecule has 1 heterocycles. The average Bonchev–Trinajstić information content (AvgIpc) is 3.02. The Morgan fingerprint density at radius 3 is 2.61 bits per heavy atom. The molecule has 0 saturated carbocycles. The molecule has 1 saturated heterocycles. The number of hydrogen-bond donors (Lipinski definition) is 2. The summed E-state index contributed by atoms with van der Waals surface area (Å²) in [6.45, 7) is 4.75.